The fourth-order valence-electron chi connectivity index (χ4n) is 4.03. The summed E-state index contributed by atoms with van der Waals surface area (Å²) in [6.07, 6.45) is -3.33. The lowest BCUT2D eigenvalue weighted by atomic mass is 9.85. The molecule has 1 aliphatic heterocycles. The number of benzene rings is 3. The van der Waals surface area contributed by atoms with Crippen LogP contribution in [-0.4, -0.2) is 29.5 Å². The second-order valence-corrected chi connectivity index (χ2v) is 7.57. The van der Waals surface area contributed by atoms with Gasteiger partial charge in [-0.05, 0) is 28.8 Å². The predicted molar refractivity (Wildman–Crippen MR) is 117 cm³/mol. The third kappa shape index (κ3) is 4.82. The van der Waals surface area contributed by atoms with Crippen molar-refractivity contribution in [1.29, 1.82) is 0 Å². The number of hydrogen-bond donors (Lipinski definition) is 0. The molecule has 0 bridgehead atoms. The average molecular weight is 451 g/mol. The van der Waals surface area contributed by atoms with Gasteiger partial charge in [-0.15, -0.1) is 0 Å². The molecule has 0 N–H and O–H groups in total. The molecule has 0 aromatic heterocycles. The lowest BCUT2D eigenvalue weighted by Crippen LogP contribution is -2.42. The fourth-order valence-corrected chi connectivity index (χ4v) is 4.03. The standard InChI is InChI=1S/C26H20F3NO3/c27-26(28,29)21-14-8-7-9-18(21)15-16-23(31)30-22(17-33-25(30)32)24(19-10-3-1-4-11-19)20-12-5-2-6-13-20/h1-16,22,24H,17H2. The Hall–Kier alpha value is -3.87. The molecule has 1 atom stereocenters. The van der Waals surface area contributed by atoms with Crippen LogP contribution in [0.5, 0.6) is 0 Å². The maximum absolute atomic E-state index is 13.3. The molecule has 33 heavy (non-hydrogen) atoms. The number of carbonyl (C=O) groups excluding carboxylic acids is 2. The van der Waals surface area contributed by atoms with Crippen molar-refractivity contribution in [3.63, 3.8) is 0 Å². The zero-order valence-corrected chi connectivity index (χ0v) is 17.4. The maximum atomic E-state index is 13.3. The van der Waals surface area contributed by atoms with Gasteiger partial charge >= 0.3 is 12.3 Å². The Bertz CT molecular complexity index is 1120. The van der Waals surface area contributed by atoms with E-state index in [1.807, 2.05) is 60.7 Å². The van der Waals surface area contributed by atoms with E-state index in [4.69, 9.17) is 4.74 Å². The highest BCUT2D eigenvalue weighted by atomic mass is 19.4. The van der Waals surface area contributed by atoms with Crippen molar-refractivity contribution in [3.05, 3.63) is 113 Å². The molecule has 4 nitrogen and oxygen atoms in total. The number of ether oxygens (including phenoxy) is 1. The van der Waals surface area contributed by atoms with Crippen molar-refractivity contribution in [2.75, 3.05) is 6.61 Å². The summed E-state index contributed by atoms with van der Waals surface area (Å²) in [7, 11) is 0. The Labute approximate surface area is 188 Å². The summed E-state index contributed by atoms with van der Waals surface area (Å²) in [6.45, 7) is -0.0218. The van der Waals surface area contributed by atoms with Crippen LogP contribution in [0.25, 0.3) is 6.08 Å². The second kappa shape index (κ2) is 9.32. The number of amides is 2. The highest BCUT2D eigenvalue weighted by molar-refractivity contribution is 6.02. The molecule has 1 heterocycles. The largest absolute Gasteiger partial charge is 0.447 e. The molecule has 0 radical (unpaired) electrons. The van der Waals surface area contributed by atoms with E-state index in [0.717, 1.165) is 34.2 Å². The molecule has 4 rings (SSSR count). The Kier molecular flexibility index (Phi) is 6.31. The number of hydrogen-bond acceptors (Lipinski definition) is 3. The molecule has 0 aliphatic carbocycles. The van der Waals surface area contributed by atoms with Crippen molar-refractivity contribution in [2.24, 2.45) is 0 Å². The average Bonchev–Trinajstić information content (AvgIpc) is 3.19. The van der Waals surface area contributed by atoms with Crippen LogP contribution < -0.4 is 0 Å². The molecule has 1 fully saturated rings. The molecule has 0 saturated carbocycles. The lowest BCUT2D eigenvalue weighted by Gasteiger charge is -2.28. The summed E-state index contributed by atoms with van der Waals surface area (Å²) >= 11 is 0. The summed E-state index contributed by atoms with van der Waals surface area (Å²) in [5, 5.41) is 0. The highest BCUT2D eigenvalue weighted by Gasteiger charge is 2.43. The van der Waals surface area contributed by atoms with Gasteiger partial charge in [0.15, 0.2) is 0 Å². The number of halogens is 3. The van der Waals surface area contributed by atoms with E-state index in [0.29, 0.717) is 0 Å². The van der Waals surface area contributed by atoms with Crippen LogP contribution in [0.4, 0.5) is 18.0 Å². The third-order valence-electron chi connectivity index (χ3n) is 5.52. The molecule has 7 heteroatoms. The monoisotopic (exact) mass is 451 g/mol. The number of alkyl halides is 3. The first kappa shape index (κ1) is 22.3. The minimum absolute atomic E-state index is 0.0218. The van der Waals surface area contributed by atoms with Gasteiger partial charge in [-0.2, -0.15) is 13.2 Å². The van der Waals surface area contributed by atoms with Gasteiger partial charge in [0.1, 0.15) is 6.61 Å². The maximum Gasteiger partial charge on any atom is 0.417 e. The van der Waals surface area contributed by atoms with Crippen LogP contribution in [0.2, 0.25) is 0 Å². The van der Waals surface area contributed by atoms with E-state index in [1.54, 1.807) is 0 Å². The van der Waals surface area contributed by atoms with Gasteiger partial charge in [-0.1, -0.05) is 78.9 Å². The van der Waals surface area contributed by atoms with Crippen LogP contribution >= 0.6 is 0 Å². The Morgan fingerprint density at radius 3 is 2.03 bits per heavy atom. The minimum Gasteiger partial charge on any atom is -0.447 e. The SMILES string of the molecule is O=C(C=Cc1ccccc1C(F)(F)F)N1C(=O)OCC1C(c1ccccc1)c1ccccc1. The summed E-state index contributed by atoms with van der Waals surface area (Å²) in [4.78, 5) is 26.5. The Balaban J connectivity index is 1.68. The van der Waals surface area contributed by atoms with Crippen LogP contribution in [0.1, 0.15) is 28.2 Å². The van der Waals surface area contributed by atoms with Gasteiger partial charge in [0, 0.05) is 12.0 Å². The van der Waals surface area contributed by atoms with E-state index >= 15 is 0 Å². The smallest absolute Gasteiger partial charge is 0.417 e. The first-order chi connectivity index (χ1) is 15.9. The first-order valence-corrected chi connectivity index (χ1v) is 10.3. The second-order valence-electron chi connectivity index (χ2n) is 7.57. The number of nitrogens with zero attached hydrogens (tertiary/aromatic N) is 1. The summed E-state index contributed by atoms with van der Waals surface area (Å²) in [5.74, 6) is -1.10. The number of cyclic esters (lactones) is 1. The van der Waals surface area contributed by atoms with Crippen LogP contribution in [0.15, 0.2) is 91.0 Å². The van der Waals surface area contributed by atoms with E-state index in [1.165, 1.54) is 18.2 Å². The first-order valence-electron chi connectivity index (χ1n) is 10.3. The minimum atomic E-state index is -4.56. The Morgan fingerprint density at radius 1 is 0.909 bits per heavy atom. The van der Waals surface area contributed by atoms with Crippen molar-refractivity contribution in [1.82, 2.24) is 4.90 Å². The van der Waals surface area contributed by atoms with Crippen LogP contribution in [0, 0.1) is 0 Å². The number of carbonyl (C=O) groups is 2. The van der Waals surface area contributed by atoms with Crippen molar-refractivity contribution >= 4 is 18.1 Å². The van der Waals surface area contributed by atoms with Crippen LogP contribution in [0.3, 0.4) is 0 Å². The molecule has 3 aromatic carbocycles. The molecule has 1 aliphatic rings. The van der Waals surface area contributed by atoms with Gasteiger partial charge in [0.2, 0.25) is 0 Å². The number of rotatable bonds is 5. The van der Waals surface area contributed by atoms with Gasteiger partial charge in [-0.25, -0.2) is 9.69 Å². The highest BCUT2D eigenvalue weighted by Crippen LogP contribution is 2.35. The van der Waals surface area contributed by atoms with E-state index in [2.05, 4.69) is 0 Å². The topological polar surface area (TPSA) is 46.6 Å². The molecule has 0 spiro atoms. The molecule has 168 valence electrons. The van der Waals surface area contributed by atoms with Crippen molar-refractivity contribution in [2.45, 2.75) is 18.1 Å². The molecule has 3 aromatic rings. The third-order valence-corrected chi connectivity index (χ3v) is 5.52. The van der Waals surface area contributed by atoms with E-state index in [-0.39, 0.29) is 18.1 Å². The molecular weight excluding hydrogens is 431 g/mol. The van der Waals surface area contributed by atoms with Gasteiger partial charge in [-0.3, -0.25) is 4.79 Å². The van der Waals surface area contributed by atoms with Gasteiger partial charge in [0.25, 0.3) is 5.91 Å². The lowest BCUT2D eigenvalue weighted by molar-refractivity contribution is -0.137. The fraction of sp³-hybridized carbons (Fsp3) is 0.154. The van der Waals surface area contributed by atoms with Gasteiger partial charge < -0.3 is 4.74 Å². The zero-order chi connectivity index (χ0) is 23.4. The normalized spacial score (nSPS) is 16.4. The van der Waals surface area contributed by atoms with Crippen LogP contribution in [-0.2, 0) is 15.7 Å². The summed E-state index contributed by atoms with van der Waals surface area (Å²) in [5.41, 5.74) is 0.749. The Morgan fingerprint density at radius 2 is 1.45 bits per heavy atom. The summed E-state index contributed by atoms with van der Waals surface area (Å²) < 4.78 is 45.0. The van der Waals surface area contributed by atoms with E-state index < -0.39 is 29.8 Å². The molecule has 1 unspecified atom stereocenters. The molecular formula is C26H20F3NO3. The van der Waals surface area contributed by atoms with Crippen molar-refractivity contribution in [3.8, 4) is 0 Å². The summed E-state index contributed by atoms with van der Waals surface area (Å²) in [6, 6.07) is 23.1. The van der Waals surface area contributed by atoms with E-state index in [9.17, 15) is 22.8 Å². The van der Waals surface area contributed by atoms with Crippen molar-refractivity contribution < 1.29 is 27.5 Å². The number of imide groups is 1. The van der Waals surface area contributed by atoms with Gasteiger partial charge in [0.05, 0.1) is 11.6 Å². The molecule has 2 amide bonds. The quantitative estimate of drug-likeness (QED) is 0.454. The predicted octanol–water partition coefficient (Wildman–Crippen LogP) is 5.90. The zero-order valence-electron chi connectivity index (χ0n) is 17.4. The molecule has 1 saturated heterocycles.